The number of aliphatic imine (C=N–C) groups is 1. The summed E-state index contributed by atoms with van der Waals surface area (Å²) in [5.74, 6) is -1.31. The minimum absolute atomic E-state index is 0.0821. The number of rotatable bonds is 4. The number of aliphatic hydroxyl groups excluding tert-OH is 1. The van der Waals surface area contributed by atoms with Crippen molar-refractivity contribution in [2.45, 2.75) is 66.2 Å². The Bertz CT molecular complexity index is 1280. The van der Waals surface area contributed by atoms with Gasteiger partial charge >= 0.3 is 5.97 Å². The summed E-state index contributed by atoms with van der Waals surface area (Å²) in [6, 6.07) is 10.7. The molecule has 2 aromatic carbocycles. The summed E-state index contributed by atoms with van der Waals surface area (Å²) < 4.78 is 5.15. The predicted octanol–water partition coefficient (Wildman–Crippen LogP) is 7.00. The van der Waals surface area contributed by atoms with Crippen molar-refractivity contribution >= 4 is 34.8 Å². The van der Waals surface area contributed by atoms with E-state index < -0.39 is 11.9 Å². The fourth-order valence-electron chi connectivity index (χ4n) is 3.88. The topological polar surface area (TPSA) is 96.2 Å². The summed E-state index contributed by atoms with van der Waals surface area (Å²) in [6.45, 7) is 15.8. The van der Waals surface area contributed by atoms with Crippen molar-refractivity contribution in [3.05, 3.63) is 80.5 Å². The molecule has 0 saturated carbocycles. The Hall–Kier alpha value is -3.32. The number of phenolic OH excluding ortho intramolecular Hbond substituents is 1. The van der Waals surface area contributed by atoms with E-state index in [4.69, 9.17) is 4.74 Å². The maximum absolute atomic E-state index is 12.9. The van der Waals surface area contributed by atoms with Crippen molar-refractivity contribution in [2.75, 3.05) is 6.61 Å². The Balaban J connectivity index is 2.15. The molecule has 0 unspecified atom stereocenters. The van der Waals surface area contributed by atoms with Gasteiger partial charge in [-0.05, 0) is 60.6 Å². The highest BCUT2D eigenvalue weighted by atomic mass is 32.2. The molecule has 6 nitrogen and oxygen atoms in total. The number of aromatic hydroxyl groups is 1. The van der Waals surface area contributed by atoms with Crippen LogP contribution in [0, 0.1) is 6.92 Å². The van der Waals surface area contributed by atoms with E-state index in [0.717, 1.165) is 34.0 Å². The highest BCUT2D eigenvalue weighted by molar-refractivity contribution is 8.18. The quantitative estimate of drug-likeness (QED) is 0.421. The Morgan fingerprint density at radius 3 is 2.00 bits per heavy atom. The fourth-order valence-corrected chi connectivity index (χ4v) is 4.89. The van der Waals surface area contributed by atoms with Crippen LogP contribution in [0.4, 0.5) is 0 Å². The SMILES string of the molecule is CCOC(=O)C1=C(O)/C(=C\c2cc(C(C)(C)C)c(O)c(C(C)(C)C)c2)SC1=NC(=O)c1ccc(C)cc1. The minimum Gasteiger partial charge on any atom is -0.507 e. The first-order valence-corrected chi connectivity index (χ1v) is 13.0. The molecule has 7 heteroatoms. The van der Waals surface area contributed by atoms with E-state index in [2.05, 4.69) is 4.99 Å². The fraction of sp³-hybridized carbons (Fsp3) is 0.367. The first-order valence-electron chi connectivity index (χ1n) is 12.2. The number of ether oxygens (including phenoxy) is 1. The van der Waals surface area contributed by atoms with Crippen LogP contribution < -0.4 is 0 Å². The van der Waals surface area contributed by atoms with Crippen molar-refractivity contribution in [2.24, 2.45) is 4.99 Å². The van der Waals surface area contributed by atoms with Crippen molar-refractivity contribution in [1.82, 2.24) is 0 Å². The largest absolute Gasteiger partial charge is 0.507 e. The summed E-state index contributed by atoms with van der Waals surface area (Å²) >= 11 is 1.04. The average Bonchev–Trinajstić information content (AvgIpc) is 3.08. The second-order valence-electron chi connectivity index (χ2n) is 11.1. The Morgan fingerprint density at radius 1 is 0.973 bits per heavy atom. The molecule has 0 bridgehead atoms. The van der Waals surface area contributed by atoms with Crippen molar-refractivity contribution in [3.8, 4) is 5.75 Å². The second kappa shape index (κ2) is 10.6. The summed E-state index contributed by atoms with van der Waals surface area (Å²) in [5.41, 5.74) is 2.87. The first-order chi connectivity index (χ1) is 17.1. The van der Waals surface area contributed by atoms with Gasteiger partial charge in [0.25, 0.3) is 5.91 Å². The zero-order valence-electron chi connectivity index (χ0n) is 22.7. The van der Waals surface area contributed by atoms with Crippen LogP contribution in [0.25, 0.3) is 6.08 Å². The van der Waals surface area contributed by atoms with E-state index >= 15 is 0 Å². The zero-order valence-corrected chi connectivity index (χ0v) is 23.5. The van der Waals surface area contributed by atoms with Crippen molar-refractivity contribution < 1.29 is 24.5 Å². The molecule has 0 atom stereocenters. The second-order valence-corrected chi connectivity index (χ2v) is 12.1. The maximum Gasteiger partial charge on any atom is 0.344 e. The van der Waals surface area contributed by atoms with Gasteiger partial charge in [-0.15, -0.1) is 0 Å². The lowest BCUT2D eigenvalue weighted by atomic mass is 9.78. The molecule has 0 aromatic heterocycles. The molecular formula is C30H35NO5S. The Kier molecular flexibility index (Phi) is 8.08. The normalized spacial score (nSPS) is 16.5. The number of phenols is 1. The molecule has 2 N–H and O–H groups in total. The molecule has 37 heavy (non-hydrogen) atoms. The molecule has 1 aliphatic heterocycles. The van der Waals surface area contributed by atoms with Gasteiger partial charge in [-0.3, -0.25) is 4.79 Å². The summed E-state index contributed by atoms with van der Waals surface area (Å²) in [7, 11) is 0. The van der Waals surface area contributed by atoms with Crippen LogP contribution in [-0.4, -0.2) is 33.7 Å². The monoisotopic (exact) mass is 521 g/mol. The first kappa shape index (κ1) is 28.3. The molecule has 0 aliphatic carbocycles. The Morgan fingerprint density at radius 2 is 1.51 bits per heavy atom. The van der Waals surface area contributed by atoms with Crippen LogP contribution in [0.3, 0.4) is 0 Å². The lowest BCUT2D eigenvalue weighted by Gasteiger charge is -2.28. The van der Waals surface area contributed by atoms with Gasteiger partial charge < -0.3 is 14.9 Å². The van der Waals surface area contributed by atoms with Crippen molar-refractivity contribution in [3.63, 3.8) is 0 Å². The lowest BCUT2D eigenvalue weighted by Crippen LogP contribution is -2.17. The van der Waals surface area contributed by atoms with E-state index in [1.54, 1.807) is 25.1 Å². The van der Waals surface area contributed by atoms with Gasteiger partial charge in [0.2, 0.25) is 0 Å². The number of esters is 1. The van der Waals surface area contributed by atoms with Crippen LogP contribution in [0.1, 0.15) is 81.1 Å². The Labute approximate surface area is 223 Å². The van der Waals surface area contributed by atoms with Gasteiger partial charge in [0.05, 0.1) is 11.5 Å². The minimum atomic E-state index is -0.747. The molecule has 2 aromatic rings. The number of benzene rings is 2. The van der Waals surface area contributed by atoms with E-state index in [1.807, 2.05) is 72.7 Å². The van der Waals surface area contributed by atoms with Crippen LogP contribution in [0.15, 0.2) is 57.6 Å². The number of amides is 1. The average molecular weight is 522 g/mol. The number of aryl methyl sites for hydroxylation is 1. The number of hydrogen-bond donors (Lipinski definition) is 2. The molecule has 196 valence electrons. The highest BCUT2D eigenvalue weighted by Crippen LogP contribution is 2.43. The van der Waals surface area contributed by atoms with Crippen LogP contribution >= 0.6 is 11.8 Å². The summed E-state index contributed by atoms with van der Waals surface area (Å²) in [6.07, 6.45) is 1.74. The molecule has 0 saturated heterocycles. The van der Waals surface area contributed by atoms with Crippen molar-refractivity contribution in [1.29, 1.82) is 0 Å². The van der Waals surface area contributed by atoms with Gasteiger partial charge in [0, 0.05) is 16.7 Å². The van der Waals surface area contributed by atoms with E-state index in [-0.39, 0.29) is 39.6 Å². The zero-order chi connectivity index (χ0) is 27.7. The smallest absolute Gasteiger partial charge is 0.344 e. The highest BCUT2D eigenvalue weighted by Gasteiger charge is 2.34. The molecule has 1 amide bonds. The van der Waals surface area contributed by atoms with Gasteiger partial charge in [0.1, 0.15) is 22.1 Å². The number of hydrogen-bond acceptors (Lipinski definition) is 6. The molecule has 3 rings (SSSR count). The van der Waals surface area contributed by atoms with Gasteiger partial charge in [-0.2, -0.15) is 0 Å². The molecule has 1 aliphatic rings. The third kappa shape index (κ3) is 6.34. The standard InChI is InChI=1S/C30H35NO5S/c1-9-36-28(35)23-25(33)22(37-27(23)31-26(34)19-12-10-17(2)11-13-19)16-18-14-20(29(3,4)5)24(32)21(15-18)30(6,7)8/h10-16,32-33H,9H2,1-8H3/b22-16+,31-27?. The third-order valence-corrected chi connectivity index (χ3v) is 6.94. The van der Waals surface area contributed by atoms with E-state index in [0.29, 0.717) is 10.5 Å². The number of carbonyl (C=O) groups excluding carboxylic acids is 2. The summed E-state index contributed by atoms with van der Waals surface area (Å²) in [5, 5.41) is 22.2. The molecule has 0 fully saturated rings. The number of aliphatic hydroxyl groups is 1. The van der Waals surface area contributed by atoms with Crippen LogP contribution in [0.2, 0.25) is 0 Å². The van der Waals surface area contributed by atoms with Gasteiger partial charge in [-0.1, -0.05) is 71.0 Å². The number of nitrogens with zero attached hydrogens (tertiary/aromatic N) is 1. The van der Waals surface area contributed by atoms with Crippen LogP contribution in [0.5, 0.6) is 5.75 Å². The maximum atomic E-state index is 12.9. The molecule has 1 heterocycles. The van der Waals surface area contributed by atoms with E-state index in [9.17, 15) is 19.8 Å². The third-order valence-electron chi connectivity index (χ3n) is 5.92. The summed E-state index contributed by atoms with van der Waals surface area (Å²) in [4.78, 5) is 30.1. The molecular weight excluding hydrogens is 486 g/mol. The molecule has 0 radical (unpaired) electrons. The van der Waals surface area contributed by atoms with Crippen LogP contribution in [-0.2, 0) is 20.4 Å². The number of carbonyl (C=O) groups is 2. The van der Waals surface area contributed by atoms with Gasteiger partial charge in [-0.25, -0.2) is 9.79 Å². The predicted molar refractivity (Wildman–Crippen MR) is 150 cm³/mol. The molecule has 0 spiro atoms. The van der Waals surface area contributed by atoms with Gasteiger partial charge in [0.15, 0.2) is 0 Å². The number of thioether (sulfide) groups is 1. The lowest BCUT2D eigenvalue weighted by molar-refractivity contribution is -0.138. The van der Waals surface area contributed by atoms with E-state index in [1.165, 1.54) is 0 Å².